The van der Waals surface area contributed by atoms with E-state index in [0.717, 1.165) is 6.42 Å². The molecule has 2 fully saturated rings. The van der Waals surface area contributed by atoms with Crippen molar-refractivity contribution in [3.63, 3.8) is 0 Å². The molecule has 2 aliphatic rings. The van der Waals surface area contributed by atoms with Crippen molar-refractivity contribution in [2.45, 2.75) is 76.6 Å². The minimum atomic E-state index is -3.26. The zero-order valence-corrected chi connectivity index (χ0v) is 19.8. The van der Waals surface area contributed by atoms with Crippen molar-refractivity contribution in [3.05, 3.63) is 24.0 Å². The third-order valence-corrected chi connectivity index (χ3v) is 5.51. The number of halogens is 2. The number of hydrogen-bond donors (Lipinski definition) is 2. The Labute approximate surface area is 198 Å². The van der Waals surface area contributed by atoms with Crippen LogP contribution in [0.3, 0.4) is 0 Å². The molecular formula is C22H29F2NaO5. The number of aliphatic hydroxyl groups excluding tert-OH is 2. The summed E-state index contributed by atoms with van der Waals surface area (Å²) in [6, 6.07) is 0. The van der Waals surface area contributed by atoms with Gasteiger partial charge in [-0.05, 0) is 31.3 Å². The van der Waals surface area contributed by atoms with E-state index in [0.29, 0.717) is 6.42 Å². The monoisotopic (exact) mass is 434 g/mol. The van der Waals surface area contributed by atoms with Crippen LogP contribution in [0.1, 0.15) is 52.4 Å². The normalized spacial score (nSPS) is 30.1. The molecule has 0 aromatic carbocycles. The van der Waals surface area contributed by atoms with Crippen LogP contribution in [-0.2, 0) is 9.53 Å². The number of alkyl halides is 2. The second-order valence-corrected chi connectivity index (χ2v) is 7.78. The van der Waals surface area contributed by atoms with Gasteiger partial charge in [-0.15, -0.1) is 11.8 Å². The molecular weight excluding hydrogens is 405 g/mol. The maximum atomic E-state index is 14.9. The topological polar surface area (TPSA) is 89.8 Å². The van der Waals surface area contributed by atoms with Crippen molar-refractivity contribution in [1.29, 1.82) is 0 Å². The number of carboxylic acids is 1. The van der Waals surface area contributed by atoms with Crippen molar-refractivity contribution >= 4 is 5.97 Å². The third-order valence-electron chi connectivity index (χ3n) is 5.51. The van der Waals surface area contributed by atoms with Gasteiger partial charge in [0.25, 0.3) is 0 Å². The second kappa shape index (κ2) is 12.2. The summed E-state index contributed by atoms with van der Waals surface area (Å²) in [6.45, 7) is 3.76. The Balaban J connectivity index is 0.00000450. The first-order chi connectivity index (χ1) is 13.7. The van der Waals surface area contributed by atoms with Crippen LogP contribution in [-0.4, -0.2) is 40.4 Å². The van der Waals surface area contributed by atoms with E-state index < -0.39 is 47.8 Å². The van der Waals surface area contributed by atoms with Gasteiger partial charge in [0, 0.05) is 31.1 Å². The molecule has 5 nitrogen and oxygen atoms in total. The molecule has 0 amide bonds. The van der Waals surface area contributed by atoms with E-state index in [1.807, 2.05) is 13.8 Å². The Hall–Kier alpha value is -0.910. The van der Waals surface area contributed by atoms with E-state index in [-0.39, 0.29) is 61.2 Å². The summed E-state index contributed by atoms with van der Waals surface area (Å²) in [5, 5.41) is 30.9. The zero-order chi connectivity index (χ0) is 21.6. The molecule has 1 aliphatic carbocycles. The molecule has 2 rings (SSSR count). The van der Waals surface area contributed by atoms with Gasteiger partial charge in [-0.2, -0.15) is 8.78 Å². The summed E-state index contributed by atoms with van der Waals surface area (Å²) in [7, 11) is 0. The van der Waals surface area contributed by atoms with Crippen molar-refractivity contribution < 1.29 is 63.2 Å². The van der Waals surface area contributed by atoms with E-state index in [4.69, 9.17) is 4.74 Å². The minimum Gasteiger partial charge on any atom is -0.550 e. The average molecular weight is 434 g/mol. The van der Waals surface area contributed by atoms with E-state index in [2.05, 4.69) is 11.8 Å². The van der Waals surface area contributed by atoms with Gasteiger partial charge in [0.1, 0.15) is 6.10 Å². The summed E-state index contributed by atoms with van der Waals surface area (Å²) in [6.07, 6.45) is 2.98. The number of rotatable bonds is 8. The molecule has 1 saturated heterocycles. The second-order valence-electron chi connectivity index (χ2n) is 7.78. The van der Waals surface area contributed by atoms with Crippen molar-refractivity contribution in [1.82, 2.24) is 0 Å². The summed E-state index contributed by atoms with van der Waals surface area (Å²) >= 11 is 0. The Morgan fingerprint density at radius 3 is 2.77 bits per heavy atom. The fourth-order valence-electron chi connectivity index (χ4n) is 3.85. The molecule has 1 aliphatic heterocycles. The van der Waals surface area contributed by atoms with Crippen LogP contribution in [0.2, 0.25) is 0 Å². The molecule has 0 bridgehead atoms. The van der Waals surface area contributed by atoms with Crippen molar-refractivity contribution in [2.24, 2.45) is 17.8 Å². The zero-order valence-electron chi connectivity index (χ0n) is 17.8. The molecule has 1 saturated carbocycles. The first kappa shape index (κ1) is 27.1. The number of hydrogen-bond acceptors (Lipinski definition) is 5. The molecule has 0 aromatic heterocycles. The summed E-state index contributed by atoms with van der Waals surface area (Å²) < 4.78 is 35.2. The first-order valence-corrected chi connectivity index (χ1v) is 10.1. The molecule has 0 aromatic rings. The molecule has 6 atom stereocenters. The fourth-order valence-corrected chi connectivity index (χ4v) is 3.85. The van der Waals surface area contributed by atoms with Crippen LogP contribution < -0.4 is 34.7 Å². The molecule has 0 radical (unpaired) electrons. The fraction of sp³-hybridized carbons (Fsp3) is 0.682. The molecule has 30 heavy (non-hydrogen) atoms. The van der Waals surface area contributed by atoms with Crippen LogP contribution in [0.15, 0.2) is 24.0 Å². The molecule has 2 N–H and O–H groups in total. The van der Waals surface area contributed by atoms with Crippen molar-refractivity contribution in [2.75, 3.05) is 0 Å². The van der Waals surface area contributed by atoms with Gasteiger partial charge in [-0.1, -0.05) is 26.0 Å². The summed E-state index contributed by atoms with van der Waals surface area (Å²) in [4.78, 5) is 10.4. The number of carbonyl (C=O) groups excluding carboxylic acids is 1. The van der Waals surface area contributed by atoms with E-state index in [1.54, 1.807) is 0 Å². The smallest absolute Gasteiger partial charge is 0.550 e. The van der Waals surface area contributed by atoms with Crippen molar-refractivity contribution in [3.8, 4) is 11.8 Å². The van der Waals surface area contributed by atoms with E-state index in [9.17, 15) is 28.9 Å². The molecule has 0 unspecified atom stereocenters. The van der Waals surface area contributed by atoms with Gasteiger partial charge < -0.3 is 24.9 Å². The van der Waals surface area contributed by atoms with Gasteiger partial charge in [-0.25, -0.2) is 0 Å². The van der Waals surface area contributed by atoms with Crippen LogP contribution in [0, 0.1) is 29.6 Å². The number of aliphatic carboxylic acids is 1. The number of ether oxygens (including phenoxy) is 1. The Kier molecular flexibility index (Phi) is 11.0. The predicted octanol–water partition coefficient (Wildman–Crippen LogP) is -0.818. The number of fused-ring (bicyclic) bond motifs is 1. The predicted molar refractivity (Wildman–Crippen MR) is 101 cm³/mol. The average Bonchev–Trinajstić information content (AvgIpc) is 3.09. The number of unbranched alkanes of at least 4 members (excludes halogenated alkanes) is 1. The number of carbonyl (C=O) groups is 1. The van der Waals surface area contributed by atoms with Crippen LogP contribution in [0.4, 0.5) is 8.78 Å². The standard InChI is InChI=1S/C22H30F2O5.Na/c1-3-4-5-8-14(2)16(25)12-11-15-17(26)13-18-21(15)22(23,24)19(29-18)9-6-7-10-20(27)28;/h9,11-12,14-18,21,25-26H,3,6-8,10,13H2,1-2H3,(H,27,28);/q;+1/p-1/b12-11+,19-9-;/t14-,15-,16+,17+,18-,21+;/m0./s1. The van der Waals surface area contributed by atoms with Gasteiger partial charge in [0.2, 0.25) is 0 Å². The van der Waals surface area contributed by atoms with Crippen LogP contribution in [0.5, 0.6) is 0 Å². The van der Waals surface area contributed by atoms with Crippen LogP contribution in [0.25, 0.3) is 0 Å². The quantitative estimate of drug-likeness (QED) is 0.226. The first-order valence-electron chi connectivity index (χ1n) is 10.1. The summed E-state index contributed by atoms with van der Waals surface area (Å²) in [5.41, 5.74) is 0. The number of aliphatic hydroxyl groups is 2. The molecule has 0 spiro atoms. The summed E-state index contributed by atoms with van der Waals surface area (Å²) in [5.74, 6) is -1.27. The van der Waals surface area contributed by atoms with Gasteiger partial charge in [-0.3, -0.25) is 0 Å². The molecule has 8 heteroatoms. The number of carboxylic acid groups (broad SMARTS) is 1. The third kappa shape index (κ3) is 6.80. The van der Waals surface area contributed by atoms with Gasteiger partial charge in [0.05, 0.1) is 18.1 Å². The Morgan fingerprint density at radius 1 is 1.43 bits per heavy atom. The largest absolute Gasteiger partial charge is 1.00 e. The Morgan fingerprint density at radius 2 is 2.13 bits per heavy atom. The van der Waals surface area contributed by atoms with E-state index >= 15 is 0 Å². The maximum absolute atomic E-state index is 14.9. The number of allylic oxidation sites excluding steroid dienone is 2. The van der Waals surface area contributed by atoms with Gasteiger partial charge >= 0.3 is 35.5 Å². The van der Waals surface area contributed by atoms with Crippen LogP contribution >= 0.6 is 0 Å². The minimum absolute atomic E-state index is 0. The van der Waals surface area contributed by atoms with Gasteiger partial charge in [0.15, 0.2) is 5.76 Å². The molecule has 1 heterocycles. The maximum Gasteiger partial charge on any atom is 1.00 e. The van der Waals surface area contributed by atoms with E-state index in [1.165, 1.54) is 18.2 Å². The molecule has 162 valence electrons. The Bertz CT molecular complexity index is 697. The SMILES string of the molecule is CCC#CC[C@H](C)[C@H](O)/C=C/[C@@H]1[C@@H]2[C@H](C[C@H]1O)O/C(=C\CCCC(=O)[O-])C2(F)F.[Na+].